The van der Waals surface area contributed by atoms with Crippen molar-refractivity contribution >= 4 is 7.32 Å². The van der Waals surface area contributed by atoms with E-state index in [1.54, 1.807) is 0 Å². The van der Waals surface area contributed by atoms with E-state index in [1.807, 2.05) is 0 Å². The second-order valence-electron chi connectivity index (χ2n) is 16.9. The van der Waals surface area contributed by atoms with E-state index >= 15 is 0 Å². The van der Waals surface area contributed by atoms with Crippen molar-refractivity contribution in [3.63, 3.8) is 0 Å². The first-order chi connectivity index (χ1) is 25.8. The molecule has 0 saturated heterocycles. The Labute approximate surface area is 330 Å². The molecule has 0 amide bonds. The van der Waals surface area contributed by atoms with Crippen LogP contribution in [0.1, 0.15) is 290 Å². The second-order valence-corrected chi connectivity index (χ2v) is 16.9. The molecule has 0 unspecified atom stereocenters. The molecular formula is C48H100BO3-. The van der Waals surface area contributed by atoms with Crippen LogP contribution < -0.4 is 0 Å². The van der Waals surface area contributed by atoms with E-state index in [0.717, 1.165) is 39.1 Å². The average Bonchev–Trinajstić information content (AvgIpc) is 3.15. The van der Waals surface area contributed by atoms with Crippen LogP contribution in [0.15, 0.2) is 0 Å². The highest BCUT2D eigenvalue weighted by molar-refractivity contribution is 6.36. The van der Waals surface area contributed by atoms with Crippen LogP contribution in [-0.2, 0) is 14.0 Å². The molecule has 0 fully saturated rings. The minimum Gasteiger partial charge on any atom is -0.547 e. The van der Waals surface area contributed by atoms with Crippen molar-refractivity contribution < 1.29 is 14.0 Å². The van der Waals surface area contributed by atoms with Crippen molar-refractivity contribution in [2.75, 3.05) is 19.8 Å². The Morgan fingerprint density at radius 3 is 0.481 bits per heavy atom. The van der Waals surface area contributed by atoms with Gasteiger partial charge in [0.1, 0.15) is 0 Å². The van der Waals surface area contributed by atoms with Crippen molar-refractivity contribution in [3.05, 3.63) is 0 Å². The largest absolute Gasteiger partial charge is 0.547 e. The van der Waals surface area contributed by atoms with Crippen LogP contribution in [-0.4, -0.2) is 27.1 Å². The monoisotopic (exact) mass is 736 g/mol. The molecule has 0 aliphatic carbocycles. The van der Waals surface area contributed by atoms with Crippen LogP contribution in [0.5, 0.6) is 0 Å². The maximum absolute atomic E-state index is 6.23. The maximum atomic E-state index is 6.23. The summed E-state index contributed by atoms with van der Waals surface area (Å²) in [5, 5.41) is 0. The highest BCUT2D eigenvalue weighted by atomic mass is 16.7. The lowest BCUT2D eigenvalue weighted by Crippen LogP contribution is -2.28. The first kappa shape index (κ1) is 51.9. The van der Waals surface area contributed by atoms with E-state index in [1.165, 1.54) is 250 Å². The van der Waals surface area contributed by atoms with E-state index < -0.39 is 7.32 Å². The molecule has 0 radical (unpaired) electrons. The summed E-state index contributed by atoms with van der Waals surface area (Å²) in [6.45, 7) is 9.32. The zero-order chi connectivity index (χ0) is 37.5. The summed E-state index contributed by atoms with van der Waals surface area (Å²) >= 11 is 0. The van der Waals surface area contributed by atoms with E-state index in [2.05, 4.69) is 20.8 Å². The molecular weight excluding hydrogens is 635 g/mol. The Bertz CT molecular complexity index is 521. The Morgan fingerprint density at radius 1 is 0.192 bits per heavy atom. The Hall–Kier alpha value is -0.0551. The third-order valence-corrected chi connectivity index (χ3v) is 11.4. The van der Waals surface area contributed by atoms with Gasteiger partial charge in [-0.05, 0) is 19.3 Å². The number of hydrogen-bond acceptors (Lipinski definition) is 3. The molecule has 3 nitrogen and oxygen atoms in total. The molecule has 0 atom stereocenters. The zero-order valence-corrected chi connectivity index (χ0v) is 36.8. The van der Waals surface area contributed by atoms with Gasteiger partial charge in [0.05, 0.1) is 0 Å². The third kappa shape index (κ3) is 46.1. The van der Waals surface area contributed by atoms with Crippen molar-refractivity contribution in [1.29, 1.82) is 0 Å². The molecule has 0 aliphatic heterocycles. The normalized spacial score (nSPS) is 11.8. The molecule has 52 heavy (non-hydrogen) atoms. The third-order valence-electron chi connectivity index (χ3n) is 11.4. The van der Waals surface area contributed by atoms with Crippen LogP contribution in [0, 0.1) is 0 Å². The van der Waals surface area contributed by atoms with Gasteiger partial charge in [-0.25, -0.2) is 0 Å². The van der Waals surface area contributed by atoms with Gasteiger partial charge in [0.25, 0.3) is 0 Å². The lowest BCUT2D eigenvalue weighted by atomic mass is 10.0. The Kier molecular flexibility index (Phi) is 48.9. The van der Waals surface area contributed by atoms with Gasteiger partial charge >= 0.3 is 7.32 Å². The predicted molar refractivity (Wildman–Crippen MR) is 236 cm³/mol. The van der Waals surface area contributed by atoms with Crippen LogP contribution in [0.25, 0.3) is 0 Å². The molecule has 0 aromatic heterocycles. The van der Waals surface area contributed by atoms with Gasteiger partial charge in [0.15, 0.2) is 0 Å². The molecule has 0 saturated carbocycles. The Morgan fingerprint density at radius 2 is 0.327 bits per heavy atom. The molecule has 0 spiro atoms. The van der Waals surface area contributed by atoms with Gasteiger partial charge in [-0.3, -0.25) is 0 Å². The highest BCUT2D eigenvalue weighted by Crippen LogP contribution is 2.16. The SMILES string of the molecule is CCCCCCCCCCCCCCCCO[BH-](OCCCCCCCCCCCCCCCC)OCCCCCCCCCCCCCCCC. The van der Waals surface area contributed by atoms with Crippen molar-refractivity contribution in [3.8, 4) is 0 Å². The van der Waals surface area contributed by atoms with E-state index in [-0.39, 0.29) is 0 Å². The standard InChI is InChI=1S/C48H100BO3/c1-4-7-10-13-16-19-22-25-28-31-34-37-40-43-46-50-49(51-47-44-41-38-35-32-29-26-23-20-17-14-11-8-5-2)52-48-45-42-39-36-33-30-27-24-21-18-15-12-9-6-3/h49H,4-48H2,1-3H3/q-1. The molecule has 0 aromatic rings. The van der Waals surface area contributed by atoms with Gasteiger partial charge in [0, 0.05) is 19.8 Å². The minimum atomic E-state index is -1.39. The summed E-state index contributed by atoms with van der Waals surface area (Å²) in [6.07, 6.45) is 58.4. The maximum Gasteiger partial charge on any atom is 0.364 e. The van der Waals surface area contributed by atoms with E-state index in [0.29, 0.717) is 0 Å². The molecule has 4 heteroatoms. The van der Waals surface area contributed by atoms with E-state index in [4.69, 9.17) is 14.0 Å². The van der Waals surface area contributed by atoms with Crippen LogP contribution in [0.4, 0.5) is 0 Å². The molecule has 0 heterocycles. The predicted octanol–water partition coefficient (Wildman–Crippen LogP) is 17.2. The fourth-order valence-corrected chi connectivity index (χ4v) is 7.73. The lowest BCUT2D eigenvalue weighted by molar-refractivity contribution is 0.0885. The van der Waals surface area contributed by atoms with Gasteiger partial charge in [-0.1, -0.05) is 271 Å². The zero-order valence-electron chi connectivity index (χ0n) is 36.8. The molecule has 0 aliphatic rings. The highest BCUT2D eigenvalue weighted by Gasteiger charge is 2.05. The number of hydrogen-bond donors (Lipinski definition) is 0. The fourth-order valence-electron chi connectivity index (χ4n) is 7.73. The smallest absolute Gasteiger partial charge is 0.364 e. The van der Waals surface area contributed by atoms with Gasteiger partial charge < -0.3 is 14.0 Å². The molecule has 0 bridgehead atoms. The van der Waals surface area contributed by atoms with Crippen molar-refractivity contribution in [2.45, 2.75) is 290 Å². The number of rotatable bonds is 48. The van der Waals surface area contributed by atoms with Crippen molar-refractivity contribution in [1.82, 2.24) is 0 Å². The first-order valence-corrected chi connectivity index (χ1v) is 24.9. The van der Waals surface area contributed by atoms with E-state index in [9.17, 15) is 0 Å². The summed E-state index contributed by atoms with van der Waals surface area (Å²) in [5.41, 5.74) is 0. The number of unbranched alkanes of at least 4 members (excludes halogenated alkanes) is 39. The summed E-state index contributed by atoms with van der Waals surface area (Å²) in [5.74, 6) is 0. The molecule has 0 aromatic carbocycles. The van der Waals surface area contributed by atoms with Crippen LogP contribution >= 0.6 is 0 Å². The summed E-state index contributed by atoms with van der Waals surface area (Å²) in [4.78, 5) is 0. The summed E-state index contributed by atoms with van der Waals surface area (Å²) in [6, 6.07) is 0. The Balaban J connectivity index is 3.94. The topological polar surface area (TPSA) is 27.7 Å². The van der Waals surface area contributed by atoms with Crippen LogP contribution in [0.2, 0.25) is 0 Å². The molecule has 0 N–H and O–H groups in total. The molecule has 0 rings (SSSR count). The quantitative estimate of drug-likeness (QED) is 0.0460. The molecule has 314 valence electrons. The van der Waals surface area contributed by atoms with Gasteiger partial charge in [0.2, 0.25) is 0 Å². The van der Waals surface area contributed by atoms with Crippen molar-refractivity contribution in [2.24, 2.45) is 0 Å². The van der Waals surface area contributed by atoms with Crippen LogP contribution in [0.3, 0.4) is 0 Å². The second kappa shape index (κ2) is 49.0. The first-order valence-electron chi connectivity index (χ1n) is 24.9. The minimum absolute atomic E-state index is 0.801. The lowest BCUT2D eigenvalue weighted by Gasteiger charge is -2.28. The summed E-state index contributed by atoms with van der Waals surface area (Å²) < 4.78 is 18.7. The van der Waals surface area contributed by atoms with Gasteiger partial charge in [-0.15, -0.1) is 0 Å². The van der Waals surface area contributed by atoms with Gasteiger partial charge in [-0.2, -0.15) is 0 Å². The summed E-state index contributed by atoms with van der Waals surface area (Å²) in [7, 11) is -1.39. The fraction of sp³-hybridized carbons (Fsp3) is 1.00. The average molecular weight is 736 g/mol.